The Morgan fingerprint density at radius 3 is 2.84 bits per heavy atom. The molecule has 0 spiro atoms. The molecular weight excluding hydrogens is 238 g/mol. The number of nitrogens with zero attached hydrogens (tertiary/aromatic N) is 1. The van der Waals surface area contributed by atoms with Crippen molar-refractivity contribution in [1.29, 1.82) is 5.26 Å². The van der Waals surface area contributed by atoms with Crippen LogP contribution in [0.1, 0.15) is 30.4 Å². The third-order valence-corrected chi connectivity index (χ3v) is 4.57. The summed E-state index contributed by atoms with van der Waals surface area (Å²) >= 11 is 0. The molecule has 1 fully saturated rings. The van der Waals surface area contributed by atoms with E-state index in [0.717, 1.165) is 25.7 Å². The number of nitriles is 1. The molecule has 3 unspecified atom stereocenters. The van der Waals surface area contributed by atoms with E-state index in [1.54, 1.807) is 0 Å². The molecule has 3 rings (SSSR count). The molecule has 1 heterocycles. The lowest BCUT2D eigenvalue weighted by molar-refractivity contribution is -0.0588. The Kier molecular flexibility index (Phi) is 3.30. The van der Waals surface area contributed by atoms with Crippen LogP contribution >= 0.6 is 0 Å². The highest BCUT2D eigenvalue weighted by Gasteiger charge is 2.45. The summed E-state index contributed by atoms with van der Waals surface area (Å²) in [7, 11) is 0. The Labute approximate surface area is 113 Å². The van der Waals surface area contributed by atoms with Gasteiger partial charge in [-0.2, -0.15) is 5.26 Å². The van der Waals surface area contributed by atoms with Gasteiger partial charge < -0.3 is 9.84 Å². The van der Waals surface area contributed by atoms with Crippen LogP contribution in [0, 0.1) is 16.7 Å². The summed E-state index contributed by atoms with van der Waals surface area (Å²) in [6, 6.07) is 10.6. The summed E-state index contributed by atoms with van der Waals surface area (Å²) in [6.45, 7) is 0.708. The Morgan fingerprint density at radius 1 is 1.37 bits per heavy atom. The van der Waals surface area contributed by atoms with Crippen molar-refractivity contribution in [3.63, 3.8) is 0 Å². The molecule has 3 atom stereocenters. The van der Waals surface area contributed by atoms with Gasteiger partial charge in [0.15, 0.2) is 0 Å². The molecule has 3 heteroatoms. The third-order valence-electron chi connectivity index (χ3n) is 4.57. The maximum Gasteiger partial charge on any atom is 0.0991 e. The summed E-state index contributed by atoms with van der Waals surface area (Å²) in [4.78, 5) is 0. The van der Waals surface area contributed by atoms with Crippen LogP contribution in [0.15, 0.2) is 24.3 Å². The zero-order valence-corrected chi connectivity index (χ0v) is 11.0. The van der Waals surface area contributed by atoms with Crippen LogP contribution in [-0.2, 0) is 17.6 Å². The summed E-state index contributed by atoms with van der Waals surface area (Å²) in [5.74, 6) is 0. The molecule has 0 radical (unpaired) electrons. The molecule has 1 aromatic rings. The number of fused-ring (bicyclic) bond motifs is 1. The van der Waals surface area contributed by atoms with Crippen molar-refractivity contribution in [2.45, 2.75) is 44.3 Å². The van der Waals surface area contributed by atoms with Gasteiger partial charge in [0.1, 0.15) is 0 Å². The van der Waals surface area contributed by atoms with Crippen LogP contribution < -0.4 is 0 Å². The van der Waals surface area contributed by atoms with Crippen LogP contribution in [0.2, 0.25) is 0 Å². The van der Waals surface area contributed by atoms with Crippen LogP contribution in [-0.4, -0.2) is 23.9 Å². The van der Waals surface area contributed by atoms with E-state index in [2.05, 4.69) is 18.2 Å². The largest absolute Gasteiger partial charge is 0.389 e. The highest BCUT2D eigenvalue weighted by atomic mass is 16.5. The molecule has 3 nitrogen and oxygen atoms in total. The average molecular weight is 257 g/mol. The van der Waals surface area contributed by atoms with E-state index in [-0.39, 0.29) is 6.10 Å². The Morgan fingerprint density at radius 2 is 2.16 bits per heavy atom. The normalized spacial score (nSPS) is 31.5. The second-order valence-corrected chi connectivity index (χ2v) is 5.71. The Hall–Kier alpha value is -1.37. The fraction of sp³-hybridized carbons (Fsp3) is 0.562. The van der Waals surface area contributed by atoms with Crippen molar-refractivity contribution >= 4 is 0 Å². The average Bonchev–Trinajstić information content (AvgIpc) is 3.00. The first kappa shape index (κ1) is 12.7. The molecule has 19 heavy (non-hydrogen) atoms. The zero-order chi connectivity index (χ0) is 13.3. The third kappa shape index (κ3) is 2.16. The minimum atomic E-state index is -0.677. The van der Waals surface area contributed by atoms with Crippen LogP contribution in [0.25, 0.3) is 0 Å². The number of aryl methyl sites for hydroxylation is 1. The van der Waals surface area contributed by atoms with Crippen molar-refractivity contribution in [3.8, 4) is 6.07 Å². The monoisotopic (exact) mass is 257 g/mol. The lowest BCUT2D eigenvalue weighted by Crippen LogP contribution is -2.45. The van der Waals surface area contributed by atoms with Gasteiger partial charge in [0, 0.05) is 6.61 Å². The summed E-state index contributed by atoms with van der Waals surface area (Å²) in [5.41, 5.74) is 1.84. The van der Waals surface area contributed by atoms with Crippen LogP contribution in [0.3, 0.4) is 0 Å². The molecule has 1 N–H and O–H groups in total. The van der Waals surface area contributed by atoms with Gasteiger partial charge in [0.05, 0.1) is 23.7 Å². The van der Waals surface area contributed by atoms with Crippen molar-refractivity contribution in [1.82, 2.24) is 0 Å². The van der Waals surface area contributed by atoms with Gasteiger partial charge in [0.2, 0.25) is 0 Å². The van der Waals surface area contributed by atoms with Gasteiger partial charge in [-0.3, -0.25) is 0 Å². The molecular formula is C16H19NO2. The minimum Gasteiger partial charge on any atom is -0.389 e. The molecule has 1 aliphatic heterocycles. The minimum absolute atomic E-state index is 0.162. The SMILES string of the molecule is N#CC1(C(O)C2CCCO2)CCc2ccccc2C1. The molecule has 1 aliphatic carbocycles. The number of aliphatic hydroxyl groups is 1. The second kappa shape index (κ2) is 4.96. The second-order valence-electron chi connectivity index (χ2n) is 5.71. The molecule has 0 saturated carbocycles. The van der Waals surface area contributed by atoms with E-state index < -0.39 is 11.5 Å². The summed E-state index contributed by atoms with van der Waals surface area (Å²) in [5, 5.41) is 20.2. The van der Waals surface area contributed by atoms with Crippen LogP contribution in [0.4, 0.5) is 0 Å². The number of hydrogen-bond donors (Lipinski definition) is 1. The van der Waals surface area contributed by atoms with Crippen molar-refractivity contribution in [3.05, 3.63) is 35.4 Å². The van der Waals surface area contributed by atoms with E-state index in [1.165, 1.54) is 11.1 Å². The van der Waals surface area contributed by atoms with Gasteiger partial charge in [-0.1, -0.05) is 24.3 Å². The predicted molar refractivity (Wildman–Crippen MR) is 71.5 cm³/mol. The van der Waals surface area contributed by atoms with Gasteiger partial charge in [0.25, 0.3) is 0 Å². The number of rotatable bonds is 2. The van der Waals surface area contributed by atoms with Crippen molar-refractivity contribution < 1.29 is 9.84 Å². The van der Waals surface area contributed by atoms with Gasteiger partial charge in [-0.25, -0.2) is 0 Å². The van der Waals surface area contributed by atoms with Crippen molar-refractivity contribution in [2.75, 3.05) is 6.61 Å². The smallest absolute Gasteiger partial charge is 0.0991 e. The zero-order valence-electron chi connectivity index (χ0n) is 11.0. The van der Waals surface area contributed by atoms with Gasteiger partial charge >= 0.3 is 0 Å². The predicted octanol–water partition coefficient (Wildman–Crippen LogP) is 2.23. The molecule has 100 valence electrons. The van der Waals surface area contributed by atoms with Crippen LogP contribution in [0.5, 0.6) is 0 Å². The number of ether oxygens (including phenoxy) is 1. The molecule has 0 aromatic heterocycles. The highest BCUT2D eigenvalue weighted by molar-refractivity contribution is 5.33. The number of aliphatic hydroxyl groups excluding tert-OH is 1. The van der Waals surface area contributed by atoms with E-state index in [1.807, 2.05) is 12.1 Å². The van der Waals surface area contributed by atoms with E-state index in [9.17, 15) is 10.4 Å². The fourth-order valence-corrected chi connectivity index (χ4v) is 3.38. The summed E-state index contributed by atoms with van der Waals surface area (Å²) < 4.78 is 5.58. The Bertz CT molecular complexity index is 502. The van der Waals surface area contributed by atoms with Crippen molar-refractivity contribution in [2.24, 2.45) is 5.41 Å². The topological polar surface area (TPSA) is 53.2 Å². The highest BCUT2D eigenvalue weighted by Crippen LogP contribution is 2.40. The summed E-state index contributed by atoms with van der Waals surface area (Å²) in [6.07, 6.45) is 3.25. The number of benzene rings is 1. The van der Waals surface area contributed by atoms with Gasteiger partial charge in [-0.05, 0) is 43.2 Å². The van der Waals surface area contributed by atoms with E-state index >= 15 is 0 Å². The lowest BCUT2D eigenvalue weighted by atomic mass is 9.67. The maximum absolute atomic E-state index is 10.6. The van der Waals surface area contributed by atoms with E-state index in [4.69, 9.17) is 4.74 Å². The Balaban J connectivity index is 1.87. The molecule has 0 bridgehead atoms. The molecule has 2 aliphatic rings. The first-order chi connectivity index (χ1) is 9.25. The maximum atomic E-state index is 10.6. The number of hydrogen-bond acceptors (Lipinski definition) is 3. The standard InChI is InChI=1S/C16H19NO2/c17-11-16(15(18)14-6-3-9-19-14)8-7-12-4-1-2-5-13(12)10-16/h1-2,4-5,14-15,18H,3,6-10H2. The first-order valence-corrected chi connectivity index (χ1v) is 7.03. The molecule has 1 aromatic carbocycles. The van der Waals surface area contributed by atoms with Gasteiger partial charge in [-0.15, -0.1) is 0 Å². The lowest BCUT2D eigenvalue weighted by Gasteiger charge is -2.38. The first-order valence-electron chi connectivity index (χ1n) is 7.03. The quantitative estimate of drug-likeness (QED) is 0.884. The van der Waals surface area contributed by atoms with E-state index in [0.29, 0.717) is 13.0 Å². The fourth-order valence-electron chi connectivity index (χ4n) is 3.38. The molecule has 0 amide bonds. The molecule has 1 saturated heterocycles.